The fourth-order valence-electron chi connectivity index (χ4n) is 1.29. The van der Waals surface area contributed by atoms with Crippen LogP contribution in [0.5, 0.6) is 0 Å². The van der Waals surface area contributed by atoms with Crippen LogP contribution in [0.3, 0.4) is 0 Å². The van der Waals surface area contributed by atoms with Gasteiger partial charge in [-0.05, 0) is 22.6 Å². The van der Waals surface area contributed by atoms with Crippen molar-refractivity contribution in [3.05, 3.63) is 35.1 Å². The van der Waals surface area contributed by atoms with Crippen LogP contribution in [0.4, 0.5) is 4.39 Å². The van der Waals surface area contributed by atoms with E-state index in [-0.39, 0.29) is 23.6 Å². The molecule has 2 N–H and O–H groups in total. The molecule has 0 heterocycles. The Morgan fingerprint density at radius 3 is 2.21 bits per heavy atom. The molecular weight excluding hydrogens is 201 g/mol. The van der Waals surface area contributed by atoms with Crippen LogP contribution in [0.1, 0.15) is 31.9 Å². The van der Waals surface area contributed by atoms with E-state index >= 15 is 0 Å². The molecule has 1 aromatic carbocycles. The first kappa shape index (κ1) is 13.4. The summed E-state index contributed by atoms with van der Waals surface area (Å²) in [7, 11) is 0. The highest BCUT2D eigenvalue weighted by Gasteiger charge is 2.17. The van der Waals surface area contributed by atoms with E-state index < -0.39 is 0 Å². The normalized spacial score (nSPS) is 10.9. The van der Waals surface area contributed by atoms with Gasteiger partial charge in [-0.25, -0.2) is 4.39 Å². The Bertz CT molecular complexity index is 305. The Balaban J connectivity index is 0.00000169. The maximum absolute atomic E-state index is 13.5. The summed E-state index contributed by atoms with van der Waals surface area (Å²) < 4.78 is 13.5. The van der Waals surface area contributed by atoms with E-state index in [0.29, 0.717) is 6.54 Å². The van der Waals surface area contributed by atoms with Crippen molar-refractivity contribution in [2.45, 2.75) is 32.7 Å². The van der Waals surface area contributed by atoms with Crippen molar-refractivity contribution in [1.82, 2.24) is 0 Å². The van der Waals surface area contributed by atoms with Crippen molar-refractivity contribution >= 4 is 12.4 Å². The number of nitrogens with two attached hydrogens (primary N) is 1. The van der Waals surface area contributed by atoms with Crippen LogP contribution in [0.2, 0.25) is 0 Å². The van der Waals surface area contributed by atoms with E-state index in [1.54, 1.807) is 0 Å². The summed E-state index contributed by atoms with van der Waals surface area (Å²) in [6, 6.07) is 5.21. The van der Waals surface area contributed by atoms with Crippen molar-refractivity contribution < 1.29 is 4.39 Å². The van der Waals surface area contributed by atoms with Crippen LogP contribution in [0, 0.1) is 5.82 Å². The van der Waals surface area contributed by atoms with E-state index in [9.17, 15) is 4.39 Å². The molecule has 1 aromatic rings. The summed E-state index contributed by atoms with van der Waals surface area (Å²) in [6.07, 6.45) is 0. The molecule has 0 spiro atoms. The molecule has 0 aliphatic rings. The van der Waals surface area contributed by atoms with E-state index in [0.717, 1.165) is 11.1 Å². The van der Waals surface area contributed by atoms with Gasteiger partial charge in [0.2, 0.25) is 0 Å². The molecule has 1 nitrogen and oxygen atoms in total. The third kappa shape index (κ3) is 2.96. The molecule has 0 atom stereocenters. The molecular formula is C11H17ClFN. The van der Waals surface area contributed by atoms with Gasteiger partial charge >= 0.3 is 0 Å². The molecule has 0 aliphatic carbocycles. The molecule has 3 heteroatoms. The van der Waals surface area contributed by atoms with Crippen molar-refractivity contribution in [3.63, 3.8) is 0 Å². The Hall–Kier alpha value is -0.600. The van der Waals surface area contributed by atoms with Gasteiger partial charge in [-0.3, -0.25) is 0 Å². The molecule has 0 bridgehead atoms. The first-order valence-electron chi connectivity index (χ1n) is 4.44. The smallest absolute Gasteiger partial charge is 0.127 e. The topological polar surface area (TPSA) is 26.0 Å². The highest BCUT2D eigenvalue weighted by atomic mass is 35.5. The molecule has 0 radical (unpaired) electrons. The Labute approximate surface area is 90.9 Å². The van der Waals surface area contributed by atoms with Gasteiger partial charge in [0.25, 0.3) is 0 Å². The van der Waals surface area contributed by atoms with Crippen LogP contribution >= 0.6 is 12.4 Å². The molecule has 0 fully saturated rings. The zero-order chi connectivity index (χ0) is 10.1. The molecule has 0 unspecified atom stereocenters. The van der Waals surface area contributed by atoms with Crippen LogP contribution in [-0.4, -0.2) is 0 Å². The third-order valence-electron chi connectivity index (χ3n) is 2.08. The standard InChI is InChI=1S/C11H16FN.ClH/c1-11(2,3)9-5-4-8(7-13)6-10(9)12;/h4-6H,7,13H2,1-3H3;1H. The second kappa shape index (κ2) is 4.76. The minimum Gasteiger partial charge on any atom is -0.326 e. The van der Waals surface area contributed by atoms with Gasteiger partial charge in [-0.2, -0.15) is 0 Å². The minimum absolute atomic E-state index is 0. The van der Waals surface area contributed by atoms with Gasteiger partial charge in [-0.15, -0.1) is 12.4 Å². The Morgan fingerprint density at radius 2 is 1.86 bits per heavy atom. The lowest BCUT2D eigenvalue weighted by Gasteiger charge is -2.19. The third-order valence-corrected chi connectivity index (χ3v) is 2.08. The number of benzene rings is 1. The van der Waals surface area contributed by atoms with E-state index in [2.05, 4.69) is 0 Å². The maximum atomic E-state index is 13.5. The quantitative estimate of drug-likeness (QED) is 0.769. The molecule has 14 heavy (non-hydrogen) atoms. The number of hydrogen-bond donors (Lipinski definition) is 1. The minimum atomic E-state index is -0.157. The summed E-state index contributed by atoms with van der Waals surface area (Å²) in [4.78, 5) is 0. The van der Waals surface area contributed by atoms with Crippen molar-refractivity contribution in [2.75, 3.05) is 0 Å². The molecule has 0 amide bonds. The summed E-state index contributed by atoms with van der Waals surface area (Å²) in [5.41, 5.74) is 6.85. The monoisotopic (exact) mass is 217 g/mol. The zero-order valence-electron chi connectivity index (χ0n) is 8.80. The number of rotatable bonds is 1. The predicted molar refractivity (Wildman–Crippen MR) is 60.2 cm³/mol. The van der Waals surface area contributed by atoms with Crippen LogP contribution in [0.15, 0.2) is 18.2 Å². The van der Waals surface area contributed by atoms with Crippen LogP contribution in [0.25, 0.3) is 0 Å². The average Bonchev–Trinajstić information content (AvgIpc) is 2.01. The first-order chi connectivity index (χ1) is 5.95. The van der Waals surface area contributed by atoms with Gasteiger partial charge in [0.1, 0.15) is 5.82 Å². The second-order valence-corrected chi connectivity index (χ2v) is 4.27. The largest absolute Gasteiger partial charge is 0.326 e. The summed E-state index contributed by atoms with van der Waals surface area (Å²) in [6.45, 7) is 6.37. The van der Waals surface area contributed by atoms with Crippen LogP contribution < -0.4 is 5.73 Å². The fourth-order valence-corrected chi connectivity index (χ4v) is 1.29. The number of halogens is 2. The van der Waals surface area contributed by atoms with E-state index in [4.69, 9.17) is 5.73 Å². The van der Waals surface area contributed by atoms with Crippen molar-refractivity contribution in [3.8, 4) is 0 Å². The van der Waals surface area contributed by atoms with Crippen molar-refractivity contribution in [2.24, 2.45) is 5.73 Å². The summed E-state index contributed by atoms with van der Waals surface area (Å²) in [5, 5.41) is 0. The highest BCUT2D eigenvalue weighted by Crippen LogP contribution is 2.25. The van der Waals surface area contributed by atoms with Gasteiger partial charge in [-0.1, -0.05) is 32.9 Å². The van der Waals surface area contributed by atoms with Crippen LogP contribution in [-0.2, 0) is 12.0 Å². The highest BCUT2D eigenvalue weighted by molar-refractivity contribution is 5.85. The molecule has 0 aliphatic heterocycles. The SMILES string of the molecule is CC(C)(C)c1ccc(CN)cc1F.Cl. The Kier molecular flexibility index (Phi) is 4.56. The maximum Gasteiger partial charge on any atom is 0.127 e. The lowest BCUT2D eigenvalue weighted by atomic mass is 9.86. The summed E-state index contributed by atoms with van der Waals surface area (Å²) in [5.74, 6) is -0.157. The second-order valence-electron chi connectivity index (χ2n) is 4.27. The zero-order valence-corrected chi connectivity index (χ0v) is 9.62. The van der Waals surface area contributed by atoms with Gasteiger partial charge in [0.15, 0.2) is 0 Å². The lowest BCUT2D eigenvalue weighted by Crippen LogP contribution is -2.14. The molecule has 80 valence electrons. The van der Waals surface area contributed by atoms with Gasteiger partial charge < -0.3 is 5.73 Å². The fraction of sp³-hybridized carbons (Fsp3) is 0.455. The van der Waals surface area contributed by atoms with Crippen molar-refractivity contribution in [1.29, 1.82) is 0 Å². The molecule has 1 rings (SSSR count). The molecule has 0 saturated heterocycles. The first-order valence-corrected chi connectivity index (χ1v) is 4.44. The van der Waals surface area contributed by atoms with E-state index in [1.807, 2.05) is 32.9 Å². The lowest BCUT2D eigenvalue weighted by molar-refractivity contribution is 0.522. The average molecular weight is 218 g/mol. The van der Waals surface area contributed by atoms with Gasteiger partial charge in [0, 0.05) is 6.54 Å². The Morgan fingerprint density at radius 1 is 1.29 bits per heavy atom. The summed E-state index contributed by atoms with van der Waals surface area (Å²) >= 11 is 0. The molecule has 0 saturated carbocycles. The van der Waals surface area contributed by atoms with Gasteiger partial charge in [0.05, 0.1) is 0 Å². The van der Waals surface area contributed by atoms with E-state index in [1.165, 1.54) is 6.07 Å². The predicted octanol–water partition coefficient (Wildman–Crippen LogP) is 3.00. The molecule has 0 aromatic heterocycles. The number of hydrogen-bond acceptors (Lipinski definition) is 1.